The minimum absolute atomic E-state index is 0.0408. The van der Waals surface area contributed by atoms with Crippen LogP contribution in [0.15, 0.2) is 0 Å². The van der Waals surface area contributed by atoms with E-state index in [9.17, 15) is 14.4 Å². The Morgan fingerprint density at radius 2 is 1.55 bits per heavy atom. The zero-order valence-electron chi connectivity index (χ0n) is 18.2. The highest BCUT2D eigenvalue weighted by molar-refractivity contribution is 5.77. The van der Waals surface area contributed by atoms with Crippen molar-refractivity contribution in [2.45, 2.75) is 96.2 Å². The molecule has 0 unspecified atom stereocenters. The molecule has 2 rings (SSSR count). The smallest absolute Gasteiger partial charge is 0.407 e. The van der Waals surface area contributed by atoms with Gasteiger partial charge in [-0.3, -0.25) is 4.79 Å². The molecule has 0 atom stereocenters. The zero-order valence-corrected chi connectivity index (χ0v) is 18.2. The van der Waals surface area contributed by atoms with Crippen LogP contribution in [0.1, 0.15) is 78.6 Å². The Labute approximate surface area is 174 Å². The van der Waals surface area contributed by atoms with Gasteiger partial charge in [-0.2, -0.15) is 0 Å². The van der Waals surface area contributed by atoms with E-state index in [4.69, 9.17) is 4.74 Å². The van der Waals surface area contributed by atoms with Gasteiger partial charge in [-0.25, -0.2) is 9.59 Å². The third-order valence-corrected chi connectivity index (χ3v) is 5.36. The molecule has 1 aliphatic heterocycles. The molecule has 1 heterocycles. The Morgan fingerprint density at radius 1 is 0.931 bits per heavy atom. The van der Waals surface area contributed by atoms with E-state index < -0.39 is 11.7 Å². The number of hydrogen-bond acceptors (Lipinski definition) is 4. The topological polar surface area (TPSA) is 99.8 Å². The second-order valence-corrected chi connectivity index (χ2v) is 9.14. The molecule has 0 aromatic heterocycles. The van der Waals surface area contributed by atoms with Gasteiger partial charge in [-0.05, 0) is 52.9 Å². The lowest BCUT2D eigenvalue weighted by molar-refractivity contribution is -0.132. The number of likely N-dealkylation sites (tertiary alicyclic amines) is 1. The van der Waals surface area contributed by atoms with Crippen LogP contribution in [0.3, 0.4) is 0 Å². The number of rotatable bonds is 6. The van der Waals surface area contributed by atoms with Crippen molar-refractivity contribution in [1.82, 2.24) is 20.9 Å². The first kappa shape index (κ1) is 23.3. The molecular weight excluding hydrogens is 372 g/mol. The first-order valence-corrected chi connectivity index (χ1v) is 11.0. The summed E-state index contributed by atoms with van der Waals surface area (Å²) in [6.07, 6.45) is 7.86. The van der Waals surface area contributed by atoms with Crippen LogP contribution < -0.4 is 16.0 Å². The van der Waals surface area contributed by atoms with Gasteiger partial charge in [0.1, 0.15) is 5.60 Å². The normalized spacial score (nSPS) is 18.8. The first-order chi connectivity index (χ1) is 13.7. The monoisotopic (exact) mass is 410 g/mol. The molecule has 2 fully saturated rings. The lowest BCUT2D eigenvalue weighted by Gasteiger charge is -2.33. The zero-order chi connectivity index (χ0) is 21.3. The first-order valence-electron chi connectivity index (χ1n) is 11.0. The highest BCUT2D eigenvalue weighted by Crippen LogP contribution is 2.17. The minimum Gasteiger partial charge on any atom is -0.444 e. The van der Waals surface area contributed by atoms with Crippen molar-refractivity contribution in [3.05, 3.63) is 0 Å². The van der Waals surface area contributed by atoms with Crippen molar-refractivity contribution in [2.24, 2.45) is 0 Å². The quantitative estimate of drug-likeness (QED) is 0.586. The summed E-state index contributed by atoms with van der Waals surface area (Å²) in [6, 6.07) is 0.207. The molecule has 2 aliphatic rings. The van der Waals surface area contributed by atoms with Crippen LogP contribution in [0.25, 0.3) is 0 Å². The summed E-state index contributed by atoms with van der Waals surface area (Å²) in [5, 5.41) is 8.75. The number of amides is 4. The minimum atomic E-state index is -0.512. The number of alkyl carbamates (subject to hydrolysis) is 1. The summed E-state index contributed by atoms with van der Waals surface area (Å²) in [6.45, 7) is 7.28. The number of carbonyl (C=O) groups is 3. The fourth-order valence-corrected chi connectivity index (χ4v) is 3.83. The van der Waals surface area contributed by atoms with Crippen LogP contribution in [-0.2, 0) is 9.53 Å². The summed E-state index contributed by atoms with van der Waals surface area (Å²) >= 11 is 0. The van der Waals surface area contributed by atoms with E-state index in [1.54, 1.807) is 0 Å². The van der Waals surface area contributed by atoms with Gasteiger partial charge in [0.15, 0.2) is 0 Å². The van der Waals surface area contributed by atoms with Crippen LogP contribution >= 0.6 is 0 Å². The fourth-order valence-electron chi connectivity index (χ4n) is 3.83. The Kier molecular flexibility index (Phi) is 9.04. The number of urea groups is 1. The highest BCUT2D eigenvalue weighted by Gasteiger charge is 2.25. The number of nitrogens with one attached hydrogen (secondary N) is 3. The number of piperidine rings is 1. The molecule has 0 aromatic carbocycles. The van der Waals surface area contributed by atoms with Crippen LogP contribution in [0.4, 0.5) is 9.59 Å². The van der Waals surface area contributed by atoms with Crippen molar-refractivity contribution < 1.29 is 19.1 Å². The number of carbonyl (C=O) groups excluding carboxylic acids is 3. The molecule has 8 nitrogen and oxygen atoms in total. The predicted molar refractivity (Wildman–Crippen MR) is 112 cm³/mol. The van der Waals surface area contributed by atoms with Gasteiger partial charge in [-0.1, -0.05) is 19.3 Å². The molecule has 8 heteroatoms. The Balaban J connectivity index is 1.55. The van der Waals surface area contributed by atoms with E-state index in [1.165, 1.54) is 19.3 Å². The molecule has 0 bridgehead atoms. The molecule has 1 saturated heterocycles. The van der Waals surface area contributed by atoms with Crippen LogP contribution in [0.2, 0.25) is 0 Å². The highest BCUT2D eigenvalue weighted by atomic mass is 16.6. The van der Waals surface area contributed by atoms with Gasteiger partial charge in [0.05, 0.1) is 0 Å². The van der Waals surface area contributed by atoms with E-state index in [0.717, 1.165) is 25.7 Å². The van der Waals surface area contributed by atoms with Crippen molar-refractivity contribution in [3.8, 4) is 0 Å². The molecule has 3 N–H and O–H groups in total. The van der Waals surface area contributed by atoms with E-state index in [1.807, 2.05) is 25.7 Å². The van der Waals surface area contributed by atoms with E-state index in [0.29, 0.717) is 38.5 Å². The fraction of sp³-hybridized carbons (Fsp3) is 0.857. The van der Waals surface area contributed by atoms with Gasteiger partial charge in [-0.15, -0.1) is 0 Å². The molecule has 1 aliphatic carbocycles. The van der Waals surface area contributed by atoms with Gasteiger partial charge in [0.25, 0.3) is 0 Å². The molecule has 0 radical (unpaired) electrons. The van der Waals surface area contributed by atoms with E-state index >= 15 is 0 Å². The largest absolute Gasteiger partial charge is 0.444 e. The second-order valence-electron chi connectivity index (χ2n) is 9.14. The van der Waals surface area contributed by atoms with Gasteiger partial charge in [0, 0.05) is 38.1 Å². The molecule has 0 spiro atoms. The van der Waals surface area contributed by atoms with Gasteiger partial charge >= 0.3 is 12.1 Å². The van der Waals surface area contributed by atoms with Crippen LogP contribution in [-0.4, -0.2) is 60.3 Å². The maximum absolute atomic E-state index is 12.4. The summed E-state index contributed by atoms with van der Waals surface area (Å²) < 4.78 is 5.28. The molecule has 0 aromatic rings. The summed E-state index contributed by atoms with van der Waals surface area (Å²) in [5.41, 5.74) is -0.512. The number of ether oxygens (including phenoxy) is 1. The van der Waals surface area contributed by atoms with Crippen molar-refractivity contribution in [2.75, 3.05) is 19.6 Å². The Hall–Kier alpha value is -1.99. The third-order valence-electron chi connectivity index (χ3n) is 5.36. The van der Waals surface area contributed by atoms with Crippen LogP contribution in [0, 0.1) is 0 Å². The van der Waals surface area contributed by atoms with Crippen molar-refractivity contribution in [1.29, 1.82) is 0 Å². The predicted octanol–water partition coefficient (Wildman–Crippen LogP) is 2.91. The second kappa shape index (κ2) is 11.3. The molecule has 1 saturated carbocycles. The lowest BCUT2D eigenvalue weighted by Crippen LogP contribution is -2.47. The van der Waals surface area contributed by atoms with Crippen molar-refractivity contribution in [3.63, 3.8) is 0 Å². The Morgan fingerprint density at radius 3 is 2.17 bits per heavy atom. The third kappa shape index (κ3) is 9.37. The lowest BCUT2D eigenvalue weighted by atomic mass is 9.96. The average Bonchev–Trinajstić information content (AvgIpc) is 2.65. The average molecular weight is 411 g/mol. The maximum Gasteiger partial charge on any atom is 0.407 e. The SMILES string of the molecule is CC(C)(C)OC(=O)NC1CCN(C(=O)CCCNC(=O)NC2CCCCC2)CC1. The summed E-state index contributed by atoms with van der Waals surface area (Å²) in [4.78, 5) is 38.0. The van der Waals surface area contributed by atoms with Crippen molar-refractivity contribution >= 4 is 18.0 Å². The van der Waals surface area contributed by atoms with Gasteiger partial charge in [0.2, 0.25) is 5.91 Å². The standard InChI is InChI=1S/C21H38N4O4/c1-21(2,3)29-20(28)24-17-11-14-25(15-12-17)18(26)10-7-13-22-19(27)23-16-8-5-4-6-9-16/h16-17H,4-15H2,1-3H3,(H,24,28)(H2,22,23,27). The maximum atomic E-state index is 12.4. The summed E-state index contributed by atoms with van der Waals surface area (Å²) in [5.74, 6) is 0.107. The molecule has 166 valence electrons. The number of nitrogens with zero attached hydrogens (tertiary/aromatic N) is 1. The van der Waals surface area contributed by atoms with E-state index in [2.05, 4.69) is 16.0 Å². The van der Waals surface area contributed by atoms with E-state index in [-0.39, 0.29) is 18.0 Å². The van der Waals surface area contributed by atoms with Crippen LogP contribution in [0.5, 0.6) is 0 Å². The van der Waals surface area contributed by atoms with Gasteiger partial charge < -0.3 is 25.6 Å². The Bertz CT molecular complexity index is 547. The summed E-state index contributed by atoms with van der Waals surface area (Å²) in [7, 11) is 0. The number of hydrogen-bond donors (Lipinski definition) is 3. The molecule has 29 heavy (non-hydrogen) atoms. The molecular formula is C21H38N4O4. The molecule has 4 amide bonds.